The van der Waals surface area contributed by atoms with Crippen LogP contribution in [0.4, 0.5) is 5.69 Å². The van der Waals surface area contributed by atoms with Crippen molar-refractivity contribution in [3.05, 3.63) is 28.2 Å². The van der Waals surface area contributed by atoms with E-state index in [1.54, 1.807) is 0 Å². The molecule has 1 unspecified atom stereocenters. The number of anilines is 1. The third kappa shape index (κ3) is 3.88. The summed E-state index contributed by atoms with van der Waals surface area (Å²) in [6.07, 6.45) is 1.84. The first kappa shape index (κ1) is 17.4. The number of aryl methyl sites for hydroxylation is 1. The van der Waals surface area contributed by atoms with Crippen LogP contribution in [0, 0.1) is 6.92 Å². The van der Waals surface area contributed by atoms with Crippen LogP contribution in [0.25, 0.3) is 0 Å². The molecule has 1 aliphatic heterocycles. The van der Waals surface area contributed by atoms with E-state index in [1.165, 1.54) is 4.31 Å². The summed E-state index contributed by atoms with van der Waals surface area (Å²) in [7, 11) is -3.35. The van der Waals surface area contributed by atoms with E-state index in [2.05, 4.69) is 21.2 Å². The Labute approximate surface area is 140 Å². The summed E-state index contributed by atoms with van der Waals surface area (Å²) in [5, 5.41) is 2.83. The quantitative estimate of drug-likeness (QED) is 0.842. The highest BCUT2D eigenvalue weighted by Gasteiger charge is 2.38. The fourth-order valence-electron chi connectivity index (χ4n) is 2.65. The summed E-state index contributed by atoms with van der Waals surface area (Å²) in [6.45, 7) is 4.22. The van der Waals surface area contributed by atoms with Gasteiger partial charge in [-0.05, 0) is 59.8 Å². The van der Waals surface area contributed by atoms with Gasteiger partial charge in [-0.15, -0.1) is 0 Å². The zero-order valence-electron chi connectivity index (χ0n) is 12.8. The maximum Gasteiger partial charge on any atom is 0.242 e. The standard InChI is InChI=1S/C15H21BrN2O3S/c1-3-9-22(20,21)18-8-4-5-14(18)15(19)17-13-7-6-11(2)10-12(13)16/h6-7,10,14H,3-5,8-9H2,1-2H3,(H,17,19). The number of nitrogens with one attached hydrogen (secondary N) is 1. The van der Waals surface area contributed by atoms with E-state index in [4.69, 9.17) is 0 Å². The van der Waals surface area contributed by atoms with Gasteiger partial charge in [0.05, 0.1) is 11.4 Å². The second-order valence-electron chi connectivity index (χ2n) is 5.56. The van der Waals surface area contributed by atoms with E-state index in [-0.39, 0.29) is 11.7 Å². The van der Waals surface area contributed by atoms with Crippen molar-refractivity contribution >= 4 is 37.5 Å². The maximum absolute atomic E-state index is 12.5. The van der Waals surface area contributed by atoms with Gasteiger partial charge in [0, 0.05) is 11.0 Å². The molecule has 5 nitrogen and oxygen atoms in total. The Morgan fingerprint density at radius 1 is 1.45 bits per heavy atom. The number of benzene rings is 1. The van der Waals surface area contributed by atoms with Crippen LogP contribution in [-0.2, 0) is 14.8 Å². The molecule has 0 aromatic heterocycles. The van der Waals surface area contributed by atoms with E-state index >= 15 is 0 Å². The zero-order valence-corrected chi connectivity index (χ0v) is 15.2. The molecule has 1 aromatic carbocycles. The summed E-state index contributed by atoms with van der Waals surface area (Å²) >= 11 is 3.42. The van der Waals surface area contributed by atoms with Crippen molar-refractivity contribution in [1.29, 1.82) is 0 Å². The first-order valence-electron chi connectivity index (χ1n) is 7.41. The molecule has 2 rings (SSSR count). The van der Waals surface area contributed by atoms with Gasteiger partial charge in [-0.25, -0.2) is 8.42 Å². The fourth-order valence-corrected chi connectivity index (χ4v) is 4.99. The van der Waals surface area contributed by atoms with Gasteiger partial charge in [0.1, 0.15) is 6.04 Å². The lowest BCUT2D eigenvalue weighted by molar-refractivity contribution is -0.119. The largest absolute Gasteiger partial charge is 0.324 e. The molecule has 0 spiro atoms. The monoisotopic (exact) mass is 388 g/mol. The second kappa shape index (κ2) is 7.10. The van der Waals surface area contributed by atoms with Crippen LogP contribution in [0.1, 0.15) is 31.7 Å². The number of amides is 1. The van der Waals surface area contributed by atoms with Gasteiger partial charge in [-0.1, -0.05) is 13.0 Å². The molecule has 0 bridgehead atoms. The molecule has 0 aliphatic carbocycles. The molecule has 1 atom stereocenters. The molecule has 22 heavy (non-hydrogen) atoms. The highest BCUT2D eigenvalue weighted by Crippen LogP contribution is 2.26. The molecule has 122 valence electrons. The Hall–Kier alpha value is -0.920. The topological polar surface area (TPSA) is 66.5 Å². The first-order valence-corrected chi connectivity index (χ1v) is 9.82. The molecule has 1 heterocycles. The van der Waals surface area contributed by atoms with Gasteiger partial charge in [-0.3, -0.25) is 4.79 Å². The van der Waals surface area contributed by atoms with Crippen molar-refractivity contribution in [1.82, 2.24) is 4.31 Å². The minimum Gasteiger partial charge on any atom is -0.324 e. The van der Waals surface area contributed by atoms with Gasteiger partial charge in [-0.2, -0.15) is 4.31 Å². The Balaban J connectivity index is 2.14. The van der Waals surface area contributed by atoms with Crippen LogP contribution in [0.5, 0.6) is 0 Å². The van der Waals surface area contributed by atoms with Crippen molar-refractivity contribution in [2.24, 2.45) is 0 Å². The van der Waals surface area contributed by atoms with E-state index in [0.29, 0.717) is 25.1 Å². The molecule has 1 saturated heterocycles. The lowest BCUT2D eigenvalue weighted by Crippen LogP contribution is -2.44. The summed E-state index contributed by atoms with van der Waals surface area (Å²) in [6, 6.07) is 5.03. The van der Waals surface area contributed by atoms with Crippen LogP contribution >= 0.6 is 15.9 Å². The number of rotatable bonds is 5. The van der Waals surface area contributed by atoms with Crippen molar-refractivity contribution in [2.45, 2.75) is 39.2 Å². The van der Waals surface area contributed by atoms with Crippen LogP contribution in [-0.4, -0.2) is 37.0 Å². The van der Waals surface area contributed by atoms with Crippen molar-refractivity contribution in [2.75, 3.05) is 17.6 Å². The van der Waals surface area contributed by atoms with E-state index in [9.17, 15) is 13.2 Å². The average Bonchev–Trinajstić information content (AvgIpc) is 2.92. The van der Waals surface area contributed by atoms with Crippen LogP contribution in [0.2, 0.25) is 0 Å². The smallest absolute Gasteiger partial charge is 0.242 e. The molecule has 1 aliphatic rings. The third-order valence-electron chi connectivity index (χ3n) is 3.71. The predicted molar refractivity (Wildman–Crippen MR) is 91.3 cm³/mol. The molecule has 1 fully saturated rings. The van der Waals surface area contributed by atoms with Crippen molar-refractivity contribution in [3.8, 4) is 0 Å². The summed E-state index contributed by atoms with van der Waals surface area (Å²) in [5.41, 5.74) is 1.74. The maximum atomic E-state index is 12.5. The number of carbonyl (C=O) groups excluding carboxylic acids is 1. The average molecular weight is 389 g/mol. The van der Waals surface area contributed by atoms with Crippen LogP contribution < -0.4 is 5.32 Å². The van der Waals surface area contributed by atoms with Gasteiger partial charge < -0.3 is 5.32 Å². The van der Waals surface area contributed by atoms with Crippen LogP contribution in [0.15, 0.2) is 22.7 Å². The summed E-state index contributed by atoms with van der Waals surface area (Å²) < 4.78 is 26.6. The van der Waals surface area contributed by atoms with Gasteiger partial charge in [0.25, 0.3) is 0 Å². The normalized spacial score (nSPS) is 19.3. The Morgan fingerprint density at radius 2 is 2.18 bits per heavy atom. The lowest BCUT2D eigenvalue weighted by atomic mass is 10.2. The summed E-state index contributed by atoms with van der Waals surface area (Å²) in [5.74, 6) is -0.174. The zero-order chi connectivity index (χ0) is 16.3. The molecule has 1 N–H and O–H groups in total. The number of sulfonamides is 1. The number of nitrogens with zero attached hydrogens (tertiary/aromatic N) is 1. The van der Waals surface area contributed by atoms with E-state index < -0.39 is 16.1 Å². The number of hydrogen-bond donors (Lipinski definition) is 1. The molecule has 0 radical (unpaired) electrons. The molecule has 1 aromatic rings. The molecular weight excluding hydrogens is 368 g/mol. The number of hydrogen-bond acceptors (Lipinski definition) is 3. The second-order valence-corrected chi connectivity index (χ2v) is 8.45. The predicted octanol–water partition coefficient (Wildman–Crippen LogP) is 2.90. The van der Waals surface area contributed by atoms with E-state index in [1.807, 2.05) is 32.0 Å². The Bertz CT molecular complexity index is 661. The number of carbonyl (C=O) groups is 1. The fraction of sp³-hybridized carbons (Fsp3) is 0.533. The third-order valence-corrected chi connectivity index (χ3v) is 6.44. The Kier molecular flexibility index (Phi) is 5.63. The Morgan fingerprint density at radius 3 is 2.82 bits per heavy atom. The number of halogens is 1. The van der Waals surface area contributed by atoms with Gasteiger partial charge >= 0.3 is 0 Å². The van der Waals surface area contributed by atoms with Gasteiger partial charge in [0.2, 0.25) is 15.9 Å². The minimum atomic E-state index is -3.35. The first-order chi connectivity index (χ1) is 10.3. The van der Waals surface area contributed by atoms with Crippen LogP contribution in [0.3, 0.4) is 0 Å². The highest BCUT2D eigenvalue weighted by atomic mass is 79.9. The minimum absolute atomic E-state index is 0.0883. The summed E-state index contributed by atoms with van der Waals surface area (Å²) in [4.78, 5) is 12.5. The highest BCUT2D eigenvalue weighted by molar-refractivity contribution is 9.10. The van der Waals surface area contributed by atoms with Gasteiger partial charge in [0.15, 0.2) is 0 Å². The molecule has 1 amide bonds. The van der Waals surface area contributed by atoms with Crippen molar-refractivity contribution < 1.29 is 13.2 Å². The van der Waals surface area contributed by atoms with E-state index in [0.717, 1.165) is 16.5 Å². The lowest BCUT2D eigenvalue weighted by Gasteiger charge is -2.23. The molecule has 0 saturated carbocycles. The molecular formula is C15H21BrN2O3S. The van der Waals surface area contributed by atoms with Crippen molar-refractivity contribution in [3.63, 3.8) is 0 Å². The SMILES string of the molecule is CCCS(=O)(=O)N1CCCC1C(=O)Nc1ccc(C)cc1Br. The molecule has 7 heteroatoms.